The second-order valence-electron chi connectivity index (χ2n) is 9.15. The van der Waals surface area contributed by atoms with E-state index in [1.165, 1.54) is 5.56 Å². The van der Waals surface area contributed by atoms with Crippen LogP contribution in [0.25, 0.3) is 0 Å². The van der Waals surface area contributed by atoms with Crippen molar-refractivity contribution in [3.05, 3.63) is 35.9 Å². The van der Waals surface area contributed by atoms with Crippen molar-refractivity contribution >= 4 is 6.09 Å². The van der Waals surface area contributed by atoms with Crippen molar-refractivity contribution in [2.75, 3.05) is 19.6 Å². The maximum absolute atomic E-state index is 12.3. The minimum Gasteiger partial charge on any atom is -0.444 e. The average Bonchev–Trinajstić information content (AvgIpc) is 2.54. The topological polar surface area (TPSA) is 32.8 Å². The van der Waals surface area contributed by atoms with Crippen molar-refractivity contribution in [2.45, 2.75) is 65.1 Å². The Morgan fingerprint density at radius 1 is 1.12 bits per heavy atom. The summed E-state index contributed by atoms with van der Waals surface area (Å²) in [4.78, 5) is 16.7. The standard InChI is InChI=1S/C21H32N2O2/c1-19(2,3)25-18(24)22-13-11-21(12-14-22)16-23(20(21,4)5)15-17-9-7-6-8-10-17/h6-10H,11-16H2,1-5H3. The van der Waals surface area contributed by atoms with Crippen LogP contribution in [0.2, 0.25) is 0 Å². The highest BCUT2D eigenvalue weighted by molar-refractivity contribution is 5.68. The molecule has 1 amide bonds. The molecule has 2 aliphatic rings. The number of carbonyl (C=O) groups is 1. The molecule has 138 valence electrons. The first-order chi connectivity index (χ1) is 11.6. The Morgan fingerprint density at radius 2 is 1.72 bits per heavy atom. The van der Waals surface area contributed by atoms with E-state index in [0.29, 0.717) is 5.41 Å². The third kappa shape index (κ3) is 3.55. The van der Waals surface area contributed by atoms with E-state index in [1.807, 2.05) is 25.7 Å². The maximum atomic E-state index is 12.3. The van der Waals surface area contributed by atoms with Crippen molar-refractivity contribution in [1.82, 2.24) is 9.80 Å². The molecular formula is C21H32N2O2. The van der Waals surface area contributed by atoms with Gasteiger partial charge in [0.15, 0.2) is 0 Å². The molecule has 0 atom stereocenters. The van der Waals surface area contributed by atoms with Gasteiger partial charge in [0, 0.05) is 37.1 Å². The molecule has 4 nitrogen and oxygen atoms in total. The maximum Gasteiger partial charge on any atom is 0.410 e. The summed E-state index contributed by atoms with van der Waals surface area (Å²) in [5, 5.41) is 0. The first kappa shape index (κ1) is 18.2. The zero-order valence-corrected chi connectivity index (χ0v) is 16.3. The van der Waals surface area contributed by atoms with Gasteiger partial charge in [-0.15, -0.1) is 0 Å². The van der Waals surface area contributed by atoms with Crippen LogP contribution in [0.5, 0.6) is 0 Å². The molecule has 2 heterocycles. The summed E-state index contributed by atoms with van der Waals surface area (Å²) in [6, 6.07) is 10.7. The number of hydrogen-bond acceptors (Lipinski definition) is 3. The van der Waals surface area contributed by atoms with Gasteiger partial charge in [-0.2, -0.15) is 0 Å². The van der Waals surface area contributed by atoms with Gasteiger partial charge < -0.3 is 9.64 Å². The van der Waals surface area contributed by atoms with Gasteiger partial charge in [-0.1, -0.05) is 30.3 Å². The smallest absolute Gasteiger partial charge is 0.410 e. The lowest BCUT2D eigenvalue weighted by Crippen LogP contribution is -2.73. The molecule has 4 heteroatoms. The predicted octanol–water partition coefficient (Wildman–Crippen LogP) is 4.30. The third-order valence-electron chi connectivity index (χ3n) is 6.17. The Balaban J connectivity index is 1.58. The zero-order chi connectivity index (χ0) is 18.3. The van der Waals surface area contributed by atoms with E-state index < -0.39 is 5.60 Å². The highest BCUT2D eigenvalue weighted by Gasteiger charge is 2.59. The SMILES string of the molecule is CC(C)(C)OC(=O)N1CCC2(CC1)CN(Cc1ccccc1)C2(C)C. The minimum atomic E-state index is -0.422. The molecule has 2 saturated heterocycles. The molecule has 1 spiro atoms. The number of nitrogens with zero attached hydrogens (tertiary/aromatic N) is 2. The van der Waals surface area contributed by atoms with E-state index in [4.69, 9.17) is 4.74 Å². The lowest BCUT2D eigenvalue weighted by molar-refractivity contribution is -0.168. The van der Waals surface area contributed by atoms with E-state index in [2.05, 4.69) is 49.1 Å². The summed E-state index contributed by atoms with van der Waals surface area (Å²) in [6.07, 6.45) is 1.95. The average molecular weight is 344 g/mol. The van der Waals surface area contributed by atoms with E-state index in [-0.39, 0.29) is 11.6 Å². The molecule has 1 aromatic rings. The van der Waals surface area contributed by atoms with Crippen LogP contribution in [0.1, 0.15) is 53.0 Å². The van der Waals surface area contributed by atoms with Gasteiger partial charge in [0.25, 0.3) is 0 Å². The molecule has 0 N–H and O–H groups in total. The van der Waals surface area contributed by atoms with Crippen LogP contribution in [0.3, 0.4) is 0 Å². The van der Waals surface area contributed by atoms with Crippen molar-refractivity contribution in [1.29, 1.82) is 0 Å². The molecule has 0 aromatic heterocycles. The largest absolute Gasteiger partial charge is 0.444 e. The quantitative estimate of drug-likeness (QED) is 0.802. The number of rotatable bonds is 2. The fourth-order valence-electron chi connectivity index (χ4n) is 4.27. The van der Waals surface area contributed by atoms with Crippen LogP contribution in [0, 0.1) is 5.41 Å². The third-order valence-corrected chi connectivity index (χ3v) is 6.17. The van der Waals surface area contributed by atoms with Gasteiger partial charge in [-0.3, -0.25) is 4.90 Å². The summed E-state index contributed by atoms with van der Waals surface area (Å²) in [5.74, 6) is 0. The fraction of sp³-hybridized carbons (Fsp3) is 0.667. The number of amides is 1. The number of piperidine rings is 1. The molecule has 2 fully saturated rings. The van der Waals surface area contributed by atoms with Gasteiger partial charge in [0.05, 0.1) is 0 Å². The first-order valence-electron chi connectivity index (χ1n) is 9.40. The van der Waals surface area contributed by atoms with Gasteiger partial charge in [-0.25, -0.2) is 4.79 Å². The second-order valence-corrected chi connectivity index (χ2v) is 9.15. The van der Waals surface area contributed by atoms with Crippen LogP contribution in [0.15, 0.2) is 30.3 Å². The fourth-order valence-corrected chi connectivity index (χ4v) is 4.27. The van der Waals surface area contributed by atoms with Crippen molar-refractivity contribution in [2.24, 2.45) is 5.41 Å². The van der Waals surface area contributed by atoms with Crippen LogP contribution < -0.4 is 0 Å². The highest BCUT2D eigenvalue weighted by atomic mass is 16.6. The Labute approximate surface area is 152 Å². The van der Waals surface area contributed by atoms with Crippen LogP contribution in [0.4, 0.5) is 4.79 Å². The Bertz CT molecular complexity index is 611. The summed E-state index contributed by atoms with van der Waals surface area (Å²) in [7, 11) is 0. The molecule has 0 saturated carbocycles. The zero-order valence-electron chi connectivity index (χ0n) is 16.3. The van der Waals surface area contributed by atoms with Crippen molar-refractivity contribution in [3.63, 3.8) is 0 Å². The number of ether oxygens (including phenoxy) is 1. The highest BCUT2D eigenvalue weighted by Crippen LogP contribution is 2.54. The lowest BCUT2D eigenvalue weighted by Gasteiger charge is -2.66. The summed E-state index contributed by atoms with van der Waals surface area (Å²) >= 11 is 0. The summed E-state index contributed by atoms with van der Waals surface area (Å²) in [5.41, 5.74) is 1.44. The number of benzene rings is 1. The molecule has 0 aliphatic carbocycles. The lowest BCUT2D eigenvalue weighted by atomic mass is 9.57. The van der Waals surface area contributed by atoms with E-state index in [1.54, 1.807) is 0 Å². The van der Waals surface area contributed by atoms with Gasteiger partial charge in [-0.05, 0) is 53.0 Å². The van der Waals surface area contributed by atoms with E-state index >= 15 is 0 Å². The predicted molar refractivity (Wildman–Crippen MR) is 100 cm³/mol. The number of likely N-dealkylation sites (tertiary alicyclic amines) is 2. The molecule has 25 heavy (non-hydrogen) atoms. The van der Waals surface area contributed by atoms with E-state index in [9.17, 15) is 4.79 Å². The number of hydrogen-bond donors (Lipinski definition) is 0. The van der Waals surface area contributed by atoms with Crippen LogP contribution in [-0.2, 0) is 11.3 Å². The summed E-state index contributed by atoms with van der Waals surface area (Å²) in [6.45, 7) is 14.2. The normalized spacial score (nSPS) is 22.5. The van der Waals surface area contributed by atoms with Gasteiger partial charge >= 0.3 is 6.09 Å². The first-order valence-corrected chi connectivity index (χ1v) is 9.40. The monoisotopic (exact) mass is 344 g/mol. The molecular weight excluding hydrogens is 312 g/mol. The molecule has 2 aliphatic heterocycles. The van der Waals surface area contributed by atoms with Crippen molar-refractivity contribution in [3.8, 4) is 0 Å². The van der Waals surface area contributed by atoms with Crippen molar-refractivity contribution < 1.29 is 9.53 Å². The molecule has 0 radical (unpaired) electrons. The molecule has 1 aromatic carbocycles. The van der Waals surface area contributed by atoms with E-state index in [0.717, 1.165) is 39.0 Å². The van der Waals surface area contributed by atoms with Gasteiger partial charge in [0.2, 0.25) is 0 Å². The molecule has 0 unspecified atom stereocenters. The molecule has 0 bridgehead atoms. The summed E-state index contributed by atoms with van der Waals surface area (Å²) < 4.78 is 5.53. The Morgan fingerprint density at radius 3 is 2.24 bits per heavy atom. The minimum absolute atomic E-state index is 0.166. The van der Waals surface area contributed by atoms with Crippen LogP contribution >= 0.6 is 0 Å². The van der Waals surface area contributed by atoms with Crippen LogP contribution in [-0.4, -0.2) is 46.7 Å². The Kier molecular flexibility index (Phi) is 4.61. The Hall–Kier alpha value is -1.55. The van der Waals surface area contributed by atoms with Gasteiger partial charge in [0.1, 0.15) is 5.60 Å². The molecule has 3 rings (SSSR count). The second kappa shape index (κ2) is 6.31. The number of carbonyl (C=O) groups excluding carboxylic acids is 1.